The fourth-order valence-corrected chi connectivity index (χ4v) is 39.7. The van der Waals surface area contributed by atoms with E-state index in [9.17, 15) is 0 Å². The fraction of sp³-hybridized carbons (Fsp3) is 1.00. The van der Waals surface area contributed by atoms with E-state index < -0.39 is 32.7 Å². The Morgan fingerprint density at radius 1 is 0.875 bits per heavy atom. The van der Waals surface area contributed by atoms with Crippen molar-refractivity contribution in [3.05, 3.63) is 0 Å². The third kappa shape index (κ3) is 3.08. The van der Waals surface area contributed by atoms with Crippen molar-refractivity contribution < 1.29 is 0 Å². The predicted molar refractivity (Wildman–Crippen MR) is 83.9 cm³/mol. The van der Waals surface area contributed by atoms with Gasteiger partial charge >= 0.3 is 0 Å². The monoisotopic (exact) mass is 311 g/mol. The molecule has 0 radical (unpaired) electrons. The first kappa shape index (κ1) is 15.1. The lowest BCUT2D eigenvalue weighted by atomic mass is 11.9. The molecule has 16 heavy (non-hydrogen) atoms. The molecule has 0 bridgehead atoms. The van der Waals surface area contributed by atoms with Crippen LogP contribution in [-0.4, -0.2) is 36.6 Å². The Morgan fingerprint density at radius 2 is 1.19 bits per heavy atom. The van der Waals surface area contributed by atoms with Gasteiger partial charge in [0.15, 0.2) is 25.2 Å². The van der Waals surface area contributed by atoms with Crippen LogP contribution < -0.4 is 9.30 Å². The molecular weight excluding hydrogens is 286 g/mol. The lowest BCUT2D eigenvalue weighted by molar-refractivity contribution is 0.822. The third-order valence-corrected chi connectivity index (χ3v) is 27.5. The number of halogens is 1. The van der Waals surface area contributed by atoms with E-state index in [0.29, 0.717) is 0 Å². The summed E-state index contributed by atoms with van der Waals surface area (Å²) in [5.41, 5.74) is 0. The van der Waals surface area contributed by atoms with Crippen LogP contribution >= 0.6 is 11.1 Å². The topological polar surface area (TPSA) is 27.3 Å². The van der Waals surface area contributed by atoms with Gasteiger partial charge < -0.3 is 13.2 Å². The lowest BCUT2D eigenvalue weighted by Crippen LogP contribution is -2.91. The molecule has 0 aromatic carbocycles. The van der Waals surface area contributed by atoms with Crippen LogP contribution in [0.15, 0.2) is 0 Å². The normalized spacial score (nSPS) is 29.1. The average Bonchev–Trinajstić information content (AvgIpc) is 1.67. The second-order valence-corrected chi connectivity index (χ2v) is 26.5. The van der Waals surface area contributed by atoms with Crippen molar-refractivity contribution >= 4 is 43.8 Å². The number of nitrogens with zero attached hydrogens (tertiary/aromatic N) is 1. The summed E-state index contributed by atoms with van der Waals surface area (Å²) in [6.07, 6.45) is 0. The van der Waals surface area contributed by atoms with E-state index >= 15 is 0 Å². The van der Waals surface area contributed by atoms with E-state index in [1.54, 1.807) is 0 Å². The van der Waals surface area contributed by atoms with Crippen LogP contribution in [0.4, 0.5) is 0 Å². The van der Waals surface area contributed by atoms with Crippen LogP contribution in [0, 0.1) is 0 Å². The Kier molecular flexibility index (Phi) is 3.79. The highest BCUT2D eigenvalue weighted by Gasteiger charge is 2.56. The van der Waals surface area contributed by atoms with Crippen LogP contribution in [0.2, 0.25) is 52.4 Å². The molecule has 1 fully saturated rings. The van der Waals surface area contributed by atoms with Crippen LogP contribution in [0.5, 0.6) is 0 Å². The van der Waals surface area contributed by atoms with Gasteiger partial charge in [0.2, 0.25) is 7.55 Å². The summed E-state index contributed by atoms with van der Waals surface area (Å²) >= 11 is 6.74. The Morgan fingerprint density at radius 3 is 1.44 bits per heavy atom. The molecule has 0 atom stereocenters. The number of rotatable bonds is 1. The molecule has 1 aliphatic rings. The Labute approximate surface area is 109 Å². The van der Waals surface area contributed by atoms with Crippen LogP contribution in [0.3, 0.4) is 0 Å². The summed E-state index contributed by atoms with van der Waals surface area (Å²) in [6, 6.07) is 0. The first-order valence-corrected chi connectivity index (χ1v) is 18.7. The van der Waals surface area contributed by atoms with Crippen molar-refractivity contribution in [2.24, 2.45) is 0 Å². The second-order valence-electron chi connectivity index (χ2n) is 6.74. The Bertz CT molecular complexity index is 267. The molecule has 0 aromatic rings. The average molecular weight is 312 g/mol. The molecule has 0 unspecified atom stereocenters. The van der Waals surface area contributed by atoms with Crippen molar-refractivity contribution in [3.63, 3.8) is 0 Å². The minimum atomic E-state index is -1.76. The van der Waals surface area contributed by atoms with Crippen LogP contribution in [0.25, 0.3) is 0 Å². The van der Waals surface area contributed by atoms with E-state index in [4.69, 9.17) is 11.1 Å². The van der Waals surface area contributed by atoms with Gasteiger partial charge in [-0.2, -0.15) is 0 Å². The zero-order valence-corrected chi connectivity index (χ0v) is 16.6. The summed E-state index contributed by atoms with van der Waals surface area (Å²) in [7, 11) is -6.30. The van der Waals surface area contributed by atoms with Crippen molar-refractivity contribution in [3.8, 4) is 0 Å². The van der Waals surface area contributed by atoms with Gasteiger partial charge in [-0.3, -0.25) is 0 Å². The number of nitrogens with one attached hydrogen (secondary N) is 2. The number of hydrogen-bond donors (Lipinski definition) is 2. The van der Waals surface area contributed by atoms with E-state index in [0.717, 1.165) is 0 Å². The maximum absolute atomic E-state index is 6.74. The van der Waals surface area contributed by atoms with Crippen molar-refractivity contribution in [2.45, 2.75) is 52.4 Å². The molecular formula is C8H26ClN3Si4. The van der Waals surface area contributed by atoms with E-state index in [2.05, 4.69) is 65.6 Å². The molecule has 1 aliphatic heterocycles. The van der Waals surface area contributed by atoms with Gasteiger partial charge in [-0.25, -0.2) is 0 Å². The molecule has 2 N–H and O–H groups in total. The highest BCUT2D eigenvalue weighted by molar-refractivity contribution is 7.27. The van der Waals surface area contributed by atoms with Gasteiger partial charge in [-0.1, -0.05) is 0 Å². The molecule has 96 valence electrons. The molecule has 1 saturated heterocycles. The molecule has 0 aliphatic carbocycles. The highest BCUT2D eigenvalue weighted by Crippen LogP contribution is 2.31. The predicted octanol–water partition coefficient (Wildman–Crippen LogP) is 2.53. The summed E-state index contributed by atoms with van der Waals surface area (Å²) in [5, 5.41) is 0. The zero-order chi connectivity index (χ0) is 13.0. The lowest BCUT2D eigenvalue weighted by Gasteiger charge is -2.60. The van der Waals surface area contributed by atoms with E-state index in [-0.39, 0.29) is 0 Å². The molecule has 0 saturated carbocycles. The van der Waals surface area contributed by atoms with E-state index in [1.807, 2.05) is 0 Å². The quantitative estimate of drug-likeness (QED) is 0.575. The third-order valence-electron chi connectivity index (χ3n) is 2.89. The van der Waals surface area contributed by atoms with Gasteiger partial charge in [0, 0.05) is 0 Å². The minimum absolute atomic E-state index is 1.44. The smallest absolute Gasteiger partial charge is 0.212 e. The van der Waals surface area contributed by atoms with Gasteiger partial charge in [0.05, 0.1) is 0 Å². The Balaban J connectivity index is 3.17. The first-order valence-electron chi connectivity index (χ1n) is 5.86. The number of hydrogen-bond acceptors (Lipinski definition) is 3. The Hall–Kier alpha value is 1.04. The largest absolute Gasteiger partial charge is 0.337 e. The highest BCUT2D eigenvalue weighted by atomic mass is 35.6. The molecule has 0 aromatic heterocycles. The van der Waals surface area contributed by atoms with Gasteiger partial charge in [-0.05, 0) is 52.4 Å². The fourth-order valence-electron chi connectivity index (χ4n) is 3.70. The van der Waals surface area contributed by atoms with Crippen molar-refractivity contribution in [1.82, 2.24) is 13.2 Å². The summed E-state index contributed by atoms with van der Waals surface area (Å²) < 4.78 is 10.6. The van der Waals surface area contributed by atoms with E-state index in [1.165, 1.54) is 0 Å². The van der Waals surface area contributed by atoms with Gasteiger partial charge in [0.25, 0.3) is 0 Å². The summed E-state index contributed by atoms with van der Waals surface area (Å²) in [5.74, 6) is 0. The second kappa shape index (κ2) is 4.02. The van der Waals surface area contributed by atoms with Crippen LogP contribution in [0.1, 0.15) is 0 Å². The molecule has 1 heterocycles. The molecule has 3 nitrogen and oxygen atoms in total. The summed E-state index contributed by atoms with van der Waals surface area (Å²) in [4.78, 5) is 0. The summed E-state index contributed by atoms with van der Waals surface area (Å²) in [6.45, 7) is 18.9. The van der Waals surface area contributed by atoms with Gasteiger partial charge in [-0.15, -0.1) is 11.1 Å². The maximum atomic E-state index is 6.74. The molecule has 0 spiro atoms. The first-order chi connectivity index (χ1) is 6.78. The minimum Gasteiger partial charge on any atom is -0.337 e. The van der Waals surface area contributed by atoms with Crippen molar-refractivity contribution in [1.29, 1.82) is 0 Å². The molecule has 1 rings (SSSR count). The molecule has 0 amide bonds. The molecule has 8 heteroatoms. The zero-order valence-electron chi connectivity index (χ0n) is 11.8. The van der Waals surface area contributed by atoms with Crippen molar-refractivity contribution in [2.75, 3.05) is 0 Å². The standard InChI is InChI=1S/C8H26ClN3Si4/c1-13(2,9)12-15(5,6)10-14(3,4)11-16(12,7)8/h10-11H,1-8H3. The SMILES string of the molecule is C[Si]1(C)N[Si](C)(C)N([Si](C)(C)Cl)[Si](C)(C)N1. The maximum Gasteiger partial charge on any atom is 0.212 e. The van der Waals surface area contributed by atoms with Crippen LogP contribution in [-0.2, 0) is 0 Å². The van der Waals surface area contributed by atoms with Gasteiger partial charge in [0.1, 0.15) is 0 Å².